The van der Waals surface area contributed by atoms with Gasteiger partial charge in [0.25, 0.3) is 5.91 Å². The molecule has 1 amide bonds. The van der Waals surface area contributed by atoms with Crippen molar-refractivity contribution in [3.05, 3.63) is 59.8 Å². The molecule has 3 atom stereocenters. The van der Waals surface area contributed by atoms with Gasteiger partial charge >= 0.3 is 0 Å². The van der Waals surface area contributed by atoms with Gasteiger partial charge in [0.05, 0.1) is 7.11 Å². The summed E-state index contributed by atoms with van der Waals surface area (Å²) in [5, 5.41) is 0. The average molecular weight is 380 g/mol. The number of hydrazine groups is 1. The van der Waals surface area contributed by atoms with Crippen LogP contribution in [0.3, 0.4) is 0 Å². The molecule has 1 aromatic heterocycles. The minimum atomic E-state index is 0.0141. The Hall–Kier alpha value is -2.44. The van der Waals surface area contributed by atoms with E-state index in [1.165, 1.54) is 5.56 Å². The second-order valence-corrected chi connectivity index (χ2v) is 7.71. The number of piperidine rings is 1. The summed E-state index contributed by atoms with van der Waals surface area (Å²) in [5.74, 6) is 1.37. The van der Waals surface area contributed by atoms with Gasteiger partial charge in [-0.3, -0.25) is 15.6 Å². The number of amides is 1. The average Bonchev–Trinajstić information content (AvgIpc) is 3.22. The molecule has 2 saturated heterocycles. The third kappa shape index (κ3) is 4.03. The van der Waals surface area contributed by atoms with E-state index in [0.29, 0.717) is 29.3 Å². The van der Waals surface area contributed by atoms with E-state index in [-0.39, 0.29) is 5.91 Å². The number of hydrogen-bond acceptors (Lipinski definition) is 5. The van der Waals surface area contributed by atoms with Gasteiger partial charge in [-0.1, -0.05) is 30.3 Å². The summed E-state index contributed by atoms with van der Waals surface area (Å²) in [5.41, 5.74) is 8.76. The van der Waals surface area contributed by atoms with Crippen LogP contribution in [0.15, 0.2) is 48.7 Å². The third-order valence-corrected chi connectivity index (χ3v) is 5.93. The Kier molecular flexibility index (Phi) is 5.88. The molecule has 0 saturated carbocycles. The number of rotatable bonds is 5. The van der Waals surface area contributed by atoms with Gasteiger partial charge in [-0.2, -0.15) is 0 Å². The van der Waals surface area contributed by atoms with Gasteiger partial charge in [0.1, 0.15) is 5.56 Å². The predicted octanol–water partition coefficient (Wildman–Crippen LogP) is 2.28. The number of carbonyl (C=O) groups excluding carboxylic acids is 1. The Morgan fingerprint density at radius 1 is 1.25 bits per heavy atom. The molecule has 4 rings (SSSR count). The van der Waals surface area contributed by atoms with Crippen molar-refractivity contribution in [3.63, 3.8) is 0 Å². The van der Waals surface area contributed by atoms with Crippen LogP contribution in [-0.2, 0) is 6.42 Å². The van der Waals surface area contributed by atoms with Crippen LogP contribution in [0.2, 0.25) is 0 Å². The second kappa shape index (κ2) is 8.71. The van der Waals surface area contributed by atoms with Gasteiger partial charge in [0, 0.05) is 31.9 Å². The maximum atomic E-state index is 13.1. The Morgan fingerprint density at radius 2 is 2.11 bits per heavy atom. The Labute approximate surface area is 166 Å². The van der Waals surface area contributed by atoms with Crippen molar-refractivity contribution in [1.29, 1.82) is 0 Å². The van der Waals surface area contributed by atoms with E-state index >= 15 is 0 Å². The normalized spacial score (nSPS) is 24.9. The number of likely N-dealkylation sites (tertiary alicyclic amines) is 1. The van der Waals surface area contributed by atoms with Gasteiger partial charge in [-0.05, 0) is 48.8 Å². The topological polar surface area (TPSA) is 66.5 Å². The van der Waals surface area contributed by atoms with Gasteiger partial charge in [-0.15, -0.1) is 0 Å². The minimum Gasteiger partial charge on any atom is -0.480 e. The van der Waals surface area contributed by atoms with Crippen LogP contribution < -0.4 is 15.6 Å². The van der Waals surface area contributed by atoms with Crippen molar-refractivity contribution in [2.24, 2.45) is 11.8 Å². The summed E-state index contributed by atoms with van der Waals surface area (Å²) in [6.45, 7) is 2.51. The number of pyridine rings is 1. The van der Waals surface area contributed by atoms with Crippen molar-refractivity contribution in [3.8, 4) is 5.88 Å². The zero-order chi connectivity index (χ0) is 19.3. The number of methoxy groups -OCH3 is 1. The molecule has 2 aliphatic heterocycles. The molecule has 148 valence electrons. The Balaban J connectivity index is 1.45. The first-order valence-electron chi connectivity index (χ1n) is 10.1. The molecular weight excluding hydrogens is 352 g/mol. The largest absolute Gasteiger partial charge is 0.480 e. The lowest BCUT2D eigenvalue weighted by Crippen LogP contribution is -2.48. The van der Waals surface area contributed by atoms with Gasteiger partial charge in [-0.25, -0.2) is 4.98 Å². The molecule has 6 heteroatoms. The highest BCUT2D eigenvalue weighted by Gasteiger charge is 2.37. The molecule has 0 bridgehead atoms. The highest BCUT2D eigenvalue weighted by atomic mass is 16.5. The van der Waals surface area contributed by atoms with Gasteiger partial charge < -0.3 is 9.64 Å². The maximum absolute atomic E-state index is 13.1. The smallest absolute Gasteiger partial charge is 0.259 e. The van der Waals surface area contributed by atoms with Crippen molar-refractivity contribution < 1.29 is 9.53 Å². The van der Waals surface area contributed by atoms with E-state index in [4.69, 9.17) is 4.74 Å². The van der Waals surface area contributed by atoms with E-state index in [1.54, 1.807) is 25.4 Å². The molecule has 2 aliphatic rings. The molecule has 0 aliphatic carbocycles. The Morgan fingerprint density at radius 3 is 2.93 bits per heavy atom. The number of hydrogen-bond donors (Lipinski definition) is 2. The van der Waals surface area contributed by atoms with Crippen LogP contribution in [0, 0.1) is 11.8 Å². The van der Waals surface area contributed by atoms with Crippen LogP contribution in [0.1, 0.15) is 28.8 Å². The standard InChI is InChI=1S/C22H28N4O2/c1-28-21-19(10-5-11-23-21)22(27)26-12-6-9-17(15-26)20-18(14-24-25-20)13-16-7-3-2-4-8-16/h2-5,7-8,10-11,17-18,20,24-25H,6,9,12-15H2,1H3. The predicted molar refractivity (Wildman–Crippen MR) is 108 cm³/mol. The molecule has 6 nitrogen and oxygen atoms in total. The van der Waals surface area contributed by atoms with Crippen molar-refractivity contribution in [2.45, 2.75) is 25.3 Å². The number of benzene rings is 1. The summed E-state index contributed by atoms with van der Waals surface area (Å²) < 4.78 is 5.29. The molecule has 3 heterocycles. The summed E-state index contributed by atoms with van der Waals surface area (Å²) >= 11 is 0. The van der Waals surface area contributed by atoms with Crippen molar-refractivity contribution in [2.75, 3.05) is 26.7 Å². The number of carbonyl (C=O) groups is 1. The summed E-state index contributed by atoms with van der Waals surface area (Å²) in [4.78, 5) is 19.2. The zero-order valence-electron chi connectivity index (χ0n) is 16.3. The number of aromatic nitrogens is 1. The SMILES string of the molecule is COc1ncccc1C(=O)N1CCCC(C2NNCC2Cc2ccccc2)C1. The monoisotopic (exact) mass is 380 g/mol. The fourth-order valence-electron chi connectivity index (χ4n) is 4.55. The lowest BCUT2D eigenvalue weighted by molar-refractivity contribution is 0.0631. The van der Waals surface area contributed by atoms with E-state index in [0.717, 1.165) is 38.9 Å². The zero-order valence-corrected chi connectivity index (χ0v) is 16.3. The minimum absolute atomic E-state index is 0.0141. The summed E-state index contributed by atoms with van der Waals surface area (Å²) in [7, 11) is 1.56. The molecule has 1 aromatic carbocycles. The van der Waals surface area contributed by atoms with Crippen molar-refractivity contribution >= 4 is 5.91 Å². The molecule has 0 spiro atoms. The lowest BCUT2D eigenvalue weighted by atomic mass is 9.81. The fraction of sp³-hybridized carbons (Fsp3) is 0.455. The second-order valence-electron chi connectivity index (χ2n) is 7.71. The molecule has 2 N–H and O–H groups in total. The Bertz CT molecular complexity index is 798. The van der Waals surface area contributed by atoms with E-state index in [1.807, 2.05) is 4.90 Å². The number of nitrogens with one attached hydrogen (secondary N) is 2. The first-order valence-corrected chi connectivity index (χ1v) is 10.1. The molecule has 28 heavy (non-hydrogen) atoms. The van der Waals surface area contributed by atoms with Crippen LogP contribution in [0.4, 0.5) is 0 Å². The number of ether oxygens (including phenoxy) is 1. The van der Waals surface area contributed by atoms with Gasteiger partial charge in [0.15, 0.2) is 0 Å². The van der Waals surface area contributed by atoms with Crippen LogP contribution in [-0.4, -0.2) is 48.6 Å². The molecular formula is C22H28N4O2. The fourth-order valence-corrected chi connectivity index (χ4v) is 4.55. The first-order chi connectivity index (χ1) is 13.8. The number of nitrogens with zero attached hydrogens (tertiary/aromatic N) is 2. The molecule has 2 aromatic rings. The van der Waals surface area contributed by atoms with Crippen LogP contribution in [0.5, 0.6) is 5.88 Å². The van der Waals surface area contributed by atoms with Crippen LogP contribution in [0.25, 0.3) is 0 Å². The summed E-state index contributed by atoms with van der Waals surface area (Å²) in [6.07, 6.45) is 4.86. The van der Waals surface area contributed by atoms with Crippen LogP contribution >= 0.6 is 0 Å². The lowest BCUT2D eigenvalue weighted by Gasteiger charge is -2.37. The molecule has 0 radical (unpaired) electrons. The quantitative estimate of drug-likeness (QED) is 0.833. The van der Waals surface area contributed by atoms with Crippen molar-refractivity contribution in [1.82, 2.24) is 20.7 Å². The summed E-state index contributed by atoms with van der Waals surface area (Å²) in [6, 6.07) is 14.6. The highest BCUT2D eigenvalue weighted by molar-refractivity contribution is 5.96. The van der Waals surface area contributed by atoms with E-state index in [9.17, 15) is 4.79 Å². The van der Waals surface area contributed by atoms with E-state index < -0.39 is 0 Å². The van der Waals surface area contributed by atoms with E-state index in [2.05, 4.69) is 46.2 Å². The third-order valence-electron chi connectivity index (χ3n) is 5.93. The maximum Gasteiger partial charge on any atom is 0.259 e. The molecule has 2 fully saturated rings. The first kappa shape index (κ1) is 18.9. The van der Waals surface area contributed by atoms with Gasteiger partial charge in [0.2, 0.25) is 5.88 Å². The highest BCUT2D eigenvalue weighted by Crippen LogP contribution is 2.29. The molecule has 3 unspecified atom stereocenters.